The zero-order chi connectivity index (χ0) is 16.0. The third kappa shape index (κ3) is 1.41. The molecule has 5 rings (SSSR count). The highest BCUT2D eigenvalue weighted by molar-refractivity contribution is 5.62. The Balaban J connectivity index is 1.84. The molecule has 0 radical (unpaired) electrons. The highest BCUT2D eigenvalue weighted by Crippen LogP contribution is 2.64. The molecule has 1 aromatic rings. The second kappa shape index (κ2) is 4.11. The van der Waals surface area contributed by atoms with Gasteiger partial charge < -0.3 is 19.8 Å². The number of piperidine rings is 1. The normalized spacial score (nSPS) is 43.2. The number of phenolic OH excluding ortho intramolecular Hbond substituents is 1. The molecule has 2 N–H and O–H groups in total. The van der Waals surface area contributed by atoms with Gasteiger partial charge in [0, 0.05) is 22.9 Å². The molecule has 4 heteroatoms. The van der Waals surface area contributed by atoms with Gasteiger partial charge in [0.2, 0.25) is 0 Å². The van der Waals surface area contributed by atoms with Crippen molar-refractivity contribution in [3.05, 3.63) is 35.4 Å². The third-order valence-electron chi connectivity index (χ3n) is 6.89. The monoisotopic (exact) mass is 313 g/mol. The fourth-order valence-electron chi connectivity index (χ4n) is 5.69. The van der Waals surface area contributed by atoms with Crippen LogP contribution >= 0.6 is 0 Å². The molecular formula is C19H23NO3. The minimum atomic E-state index is -0.961. The largest absolute Gasteiger partial charge is 0.504 e. The van der Waals surface area contributed by atoms with Crippen molar-refractivity contribution in [2.24, 2.45) is 5.92 Å². The van der Waals surface area contributed by atoms with Crippen molar-refractivity contribution in [1.29, 1.82) is 0 Å². The van der Waals surface area contributed by atoms with Crippen molar-refractivity contribution in [2.75, 3.05) is 13.6 Å². The quantitative estimate of drug-likeness (QED) is 0.779. The number of hydrogen-bond donors (Lipinski definition) is 2. The van der Waals surface area contributed by atoms with Crippen LogP contribution in [0.25, 0.3) is 0 Å². The van der Waals surface area contributed by atoms with Crippen molar-refractivity contribution in [3.8, 4) is 11.5 Å². The van der Waals surface area contributed by atoms with Crippen molar-refractivity contribution in [3.63, 3.8) is 0 Å². The Morgan fingerprint density at radius 2 is 2.22 bits per heavy atom. The molecule has 1 aromatic carbocycles. The Hall–Kier alpha value is -1.52. The lowest BCUT2D eigenvalue weighted by Gasteiger charge is -2.58. The summed E-state index contributed by atoms with van der Waals surface area (Å²) in [5.41, 5.74) is 1.30. The first-order valence-corrected chi connectivity index (χ1v) is 8.65. The molecule has 0 amide bonds. The number of phenols is 1. The highest BCUT2D eigenvalue weighted by atomic mass is 16.5. The number of likely N-dealkylation sites (N-methyl/N-ethyl adjacent to an activating group) is 1. The van der Waals surface area contributed by atoms with Crippen LogP contribution in [0.2, 0.25) is 0 Å². The number of rotatable bonds is 1. The number of nitrogens with zero attached hydrogens (tertiary/aromatic N) is 1. The third-order valence-corrected chi connectivity index (χ3v) is 6.89. The number of benzene rings is 1. The zero-order valence-electron chi connectivity index (χ0n) is 13.6. The molecule has 23 heavy (non-hydrogen) atoms. The van der Waals surface area contributed by atoms with Crippen LogP contribution in [0.5, 0.6) is 11.5 Å². The molecular weight excluding hydrogens is 290 g/mol. The number of aromatic hydroxyl groups is 1. The summed E-state index contributed by atoms with van der Waals surface area (Å²) >= 11 is 0. The van der Waals surface area contributed by atoms with Crippen LogP contribution in [0.15, 0.2) is 24.3 Å². The smallest absolute Gasteiger partial charge is 0.165 e. The summed E-state index contributed by atoms with van der Waals surface area (Å²) in [6.45, 7) is 3.01. The lowest BCUT2D eigenvalue weighted by atomic mass is 9.51. The van der Waals surface area contributed by atoms with Crippen molar-refractivity contribution in [1.82, 2.24) is 4.90 Å². The Morgan fingerprint density at radius 1 is 1.39 bits per heavy atom. The van der Waals surface area contributed by atoms with Gasteiger partial charge >= 0.3 is 0 Å². The van der Waals surface area contributed by atoms with Gasteiger partial charge in [0.1, 0.15) is 11.7 Å². The predicted molar refractivity (Wildman–Crippen MR) is 86.8 cm³/mol. The van der Waals surface area contributed by atoms with Gasteiger partial charge in [-0.1, -0.05) is 25.1 Å². The van der Waals surface area contributed by atoms with Gasteiger partial charge in [-0.15, -0.1) is 0 Å². The van der Waals surface area contributed by atoms with E-state index in [1.54, 1.807) is 6.07 Å². The summed E-state index contributed by atoms with van der Waals surface area (Å²) in [4.78, 5) is 2.45. The SMILES string of the molecule is CC[C@]1(O)C=C[C@H]2[C@H]3Cc4ccc(O)c5c4[C@@]2(CCN3C)[C@H]1O5. The summed E-state index contributed by atoms with van der Waals surface area (Å²) in [6, 6.07) is 4.24. The number of hydrogen-bond acceptors (Lipinski definition) is 4. The van der Waals surface area contributed by atoms with E-state index in [1.807, 2.05) is 19.1 Å². The fourth-order valence-corrected chi connectivity index (χ4v) is 5.69. The molecule has 2 heterocycles. The first kappa shape index (κ1) is 13.9. The summed E-state index contributed by atoms with van der Waals surface area (Å²) in [7, 11) is 2.20. The second-order valence-corrected chi connectivity index (χ2v) is 7.72. The van der Waals surface area contributed by atoms with Crippen LogP contribution in [0, 0.1) is 5.92 Å². The maximum Gasteiger partial charge on any atom is 0.165 e. The van der Waals surface area contributed by atoms with Gasteiger partial charge in [-0.3, -0.25) is 0 Å². The summed E-state index contributed by atoms with van der Waals surface area (Å²) < 4.78 is 6.28. The Labute approximate surface area is 136 Å². The lowest BCUT2D eigenvalue weighted by molar-refractivity contribution is -0.0991. The lowest BCUT2D eigenvalue weighted by Crippen LogP contribution is -2.67. The topological polar surface area (TPSA) is 52.9 Å². The highest BCUT2D eigenvalue weighted by Gasteiger charge is 2.67. The van der Waals surface area contributed by atoms with E-state index in [-0.39, 0.29) is 17.3 Å². The van der Waals surface area contributed by atoms with E-state index in [9.17, 15) is 10.2 Å². The Morgan fingerprint density at radius 3 is 3.00 bits per heavy atom. The van der Waals surface area contributed by atoms with E-state index in [2.05, 4.69) is 18.0 Å². The molecule has 0 unspecified atom stereocenters. The molecule has 2 aliphatic carbocycles. The first-order valence-electron chi connectivity index (χ1n) is 8.65. The van der Waals surface area contributed by atoms with Crippen LogP contribution in [-0.2, 0) is 11.8 Å². The van der Waals surface area contributed by atoms with E-state index >= 15 is 0 Å². The number of likely N-dealkylation sites (tertiary alicyclic amines) is 1. The predicted octanol–water partition coefficient (Wildman–Crippen LogP) is 1.98. The summed E-state index contributed by atoms with van der Waals surface area (Å²) in [5, 5.41) is 21.6. The van der Waals surface area contributed by atoms with Gasteiger partial charge in [-0.25, -0.2) is 0 Å². The van der Waals surface area contributed by atoms with E-state index in [4.69, 9.17) is 4.74 Å². The molecule has 4 aliphatic rings. The van der Waals surface area contributed by atoms with E-state index in [0.29, 0.717) is 24.1 Å². The van der Waals surface area contributed by atoms with Gasteiger partial charge in [0.05, 0.1) is 0 Å². The maximum absolute atomic E-state index is 11.2. The molecule has 0 saturated carbocycles. The van der Waals surface area contributed by atoms with Crippen LogP contribution in [0.1, 0.15) is 30.9 Å². The Bertz CT molecular complexity index is 730. The van der Waals surface area contributed by atoms with Crippen molar-refractivity contribution in [2.45, 2.75) is 49.3 Å². The minimum absolute atomic E-state index is 0.196. The van der Waals surface area contributed by atoms with Crippen LogP contribution in [0.4, 0.5) is 0 Å². The van der Waals surface area contributed by atoms with Crippen LogP contribution < -0.4 is 4.74 Å². The Kier molecular flexibility index (Phi) is 2.48. The summed E-state index contributed by atoms with van der Waals surface area (Å²) in [6.07, 6.45) is 6.45. The average Bonchev–Trinajstić information content (AvgIpc) is 2.91. The molecule has 2 aliphatic heterocycles. The average molecular weight is 313 g/mol. The van der Waals surface area contributed by atoms with Crippen molar-refractivity contribution >= 4 is 0 Å². The first-order chi connectivity index (χ1) is 11.0. The van der Waals surface area contributed by atoms with Crippen LogP contribution in [-0.4, -0.2) is 46.5 Å². The van der Waals surface area contributed by atoms with E-state index in [1.165, 1.54) is 11.1 Å². The molecule has 1 fully saturated rings. The molecule has 5 atom stereocenters. The minimum Gasteiger partial charge on any atom is -0.504 e. The molecule has 2 bridgehead atoms. The van der Waals surface area contributed by atoms with Gasteiger partial charge in [0.15, 0.2) is 11.5 Å². The van der Waals surface area contributed by atoms with Gasteiger partial charge in [-0.2, -0.15) is 0 Å². The molecule has 0 aromatic heterocycles. The standard InChI is InChI=1S/C19H23NO3/c1-3-18(22)7-6-12-13-10-11-4-5-14(21)16-15(11)19(12,17(18)23-16)8-9-20(13)2/h4-7,12-13,17,21-22H,3,8-10H2,1-2H3/t12-,13+,17-,18-,19-/m0/s1. The fraction of sp³-hybridized carbons (Fsp3) is 0.579. The molecule has 1 saturated heterocycles. The second-order valence-electron chi connectivity index (χ2n) is 7.72. The summed E-state index contributed by atoms with van der Waals surface area (Å²) in [5.74, 6) is 1.17. The number of aliphatic hydroxyl groups is 1. The van der Waals surface area contributed by atoms with E-state index < -0.39 is 5.60 Å². The van der Waals surface area contributed by atoms with Crippen LogP contribution in [0.3, 0.4) is 0 Å². The zero-order valence-corrected chi connectivity index (χ0v) is 13.6. The van der Waals surface area contributed by atoms with Gasteiger partial charge in [-0.05, 0) is 44.5 Å². The maximum atomic E-state index is 11.2. The van der Waals surface area contributed by atoms with Crippen molar-refractivity contribution < 1.29 is 14.9 Å². The molecule has 1 spiro atoms. The molecule has 4 nitrogen and oxygen atoms in total. The van der Waals surface area contributed by atoms with E-state index in [0.717, 1.165) is 19.4 Å². The number of ether oxygens (including phenoxy) is 1. The van der Waals surface area contributed by atoms with Gasteiger partial charge in [0.25, 0.3) is 0 Å². The molecule has 122 valence electrons.